The van der Waals surface area contributed by atoms with Gasteiger partial charge in [0.1, 0.15) is 5.02 Å². The molecule has 0 aliphatic rings. The van der Waals surface area contributed by atoms with E-state index in [1.54, 1.807) is 0 Å². The molecule has 1 rings (SSSR count). The molecule has 0 aromatic carbocycles. The van der Waals surface area contributed by atoms with Gasteiger partial charge in [0, 0.05) is 11.3 Å². The highest BCUT2D eigenvalue weighted by Gasteiger charge is 2.07. The number of nitrogens with one attached hydrogen (secondary N) is 1. The number of pyridine rings is 1. The van der Waals surface area contributed by atoms with Crippen molar-refractivity contribution >= 4 is 17.7 Å². The van der Waals surface area contributed by atoms with Gasteiger partial charge in [-0.15, -0.1) is 0 Å². The summed E-state index contributed by atoms with van der Waals surface area (Å²) in [7, 11) is 0. The number of allylic oxidation sites excluding steroid dienone is 1. The van der Waals surface area contributed by atoms with Crippen LogP contribution in [-0.4, -0.2) is 4.98 Å². The number of aromatic nitrogens is 1. The molecule has 0 aliphatic carbocycles. The first kappa shape index (κ1) is 10.1. The summed E-state index contributed by atoms with van der Waals surface area (Å²) in [6.07, 6.45) is 3.72. The van der Waals surface area contributed by atoms with Gasteiger partial charge in [0.05, 0.1) is 0 Å². The molecule has 0 unspecified atom stereocenters. The molecule has 3 heteroatoms. The van der Waals surface area contributed by atoms with E-state index in [1.807, 2.05) is 32.9 Å². The van der Waals surface area contributed by atoms with E-state index in [0.717, 1.165) is 16.8 Å². The Kier molecular flexibility index (Phi) is 2.94. The minimum Gasteiger partial charge on any atom is -0.325 e. The van der Waals surface area contributed by atoms with E-state index in [9.17, 15) is 4.79 Å². The van der Waals surface area contributed by atoms with Crippen LogP contribution in [0.3, 0.4) is 0 Å². The minimum atomic E-state index is -0.224. The van der Waals surface area contributed by atoms with Gasteiger partial charge in [0.15, 0.2) is 0 Å². The number of rotatable bonds is 1. The van der Waals surface area contributed by atoms with Gasteiger partial charge < -0.3 is 4.98 Å². The molecule has 0 spiro atoms. The highest BCUT2D eigenvalue weighted by Crippen LogP contribution is 2.18. The Labute approximate surface area is 82.3 Å². The van der Waals surface area contributed by atoms with Crippen molar-refractivity contribution < 1.29 is 0 Å². The summed E-state index contributed by atoms with van der Waals surface area (Å²) in [5.41, 5.74) is 2.47. The van der Waals surface area contributed by atoms with E-state index in [2.05, 4.69) is 4.98 Å². The van der Waals surface area contributed by atoms with E-state index in [-0.39, 0.29) is 10.6 Å². The number of halogens is 1. The van der Waals surface area contributed by atoms with Gasteiger partial charge in [-0.2, -0.15) is 0 Å². The molecule has 0 saturated heterocycles. The molecule has 1 aromatic heterocycles. The number of hydrogen-bond donors (Lipinski definition) is 1. The van der Waals surface area contributed by atoms with Crippen molar-refractivity contribution in [3.05, 3.63) is 38.3 Å². The summed E-state index contributed by atoms with van der Waals surface area (Å²) >= 11 is 5.85. The molecule has 1 heterocycles. The van der Waals surface area contributed by atoms with Crippen LogP contribution >= 0.6 is 11.6 Å². The fourth-order valence-corrected chi connectivity index (χ4v) is 1.42. The standard InChI is InChI=1S/C10H12ClNO/c1-4-5-8-6(2)7(3)12-10(13)9(8)11/h4-5H,1-3H3,(H,12,13)/b5-4-. The molecule has 1 N–H and O–H groups in total. The van der Waals surface area contributed by atoms with Gasteiger partial charge in [-0.05, 0) is 26.3 Å². The molecular formula is C10H12ClNO. The second-order valence-electron chi connectivity index (χ2n) is 2.93. The smallest absolute Gasteiger partial charge is 0.267 e. The number of aromatic amines is 1. The highest BCUT2D eigenvalue weighted by molar-refractivity contribution is 6.32. The maximum atomic E-state index is 11.3. The van der Waals surface area contributed by atoms with E-state index >= 15 is 0 Å². The van der Waals surface area contributed by atoms with Gasteiger partial charge >= 0.3 is 0 Å². The molecule has 0 fully saturated rings. The van der Waals surface area contributed by atoms with Crippen molar-refractivity contribution in [2.45, 2.75) is 20.8 Å². The molecule has 2 nitrogen and oxygen atoms in total. The zero-order chi connectivity index (χ0) is 10.0. The Bertz CT molecular complexity index is 404. The molecule has 0 atom stereocenters. The molecule has 0 radical (unpaired) electrons. The summed E-state index contributed by atoms with van der Waals surface area (Å²) in [5.74, 6) is 0. The second-order valence-corrected chi connectivity index (χ2v) is 3.31. The summed E-state index contributed by atoms with van der Waals surface area (Å²) in [4.78, 5) is 14.0. The molecular weight excluding hydrogens is 186 g/mol. The third kappa shape index (κ3) is 1.83. The van der Waals surface area contributed by atoms with Crippen molar-refractivity contribution in [1.29, 1.82) is 0 Å². The molecule has 0 aliphatic heterocycles. The van der Waals surface area contributed by atoms with Crippen molar-refractivity contribution in [3.8, 4) is 0 Å². The molecule has 0 bridgehead atoms. The van der Waals surface area contributed by atoms with Crippen LogP contribution in [0.1, 0.15) is 23.7 Å². The molecule has 13 heavy (non-hydrogen) atoms. The maximum absolute atomic E-state index is 11.3. The van der Waals surface area contributed by atoms with Crippen molar-refractivity contribution in [2.24, 2.45) is 0 Å². The summed E-state index contributed by atoms with van der Waals surface area (Å²) < 4.78 is 0. The van der Waals surface area contributed by atoms with Crippen LogP contribution in [0.5, 0.6) is 0 Å². The molecule has 0 saturated carbocycles. The molecule has 0 amide bonds. The molecule has 70 valence electrons. The van der Waals surface area contributed by atoms with Crippen molar-refractivity contribution in [2.75, 3.05) is 0 Å². The third-order valence-electron chi connectivity index (χ3n) is 2.04. The first-order valence-corrected chi connectivity index (χ1v) is 4.47. The van der Waals surface area contributed by atoms with Gasteiger partial charge in [-0.3, -0.25) is 4.79 Å². The minimum absolute atomic E-state index is 0.224. The van der Waals surface area contributed by atoms with Gasteiger partial charge in [-0.25, -0.2) is 0 Å². The SMILES string of the molecule is C/C=C\c1c(C)c(C)[nH]c(=O)c1Cl. The van der Waals surface area contributed by atoms with Crippen molar-refractivity contribution in [1.82, 2.24) is 4.98 Å². The highest BCUT2D eigenvalue weighted by atomic mass is 35.5. The Morgan fingerprint density at radius 3 is 2.54 bits per heavy atom. The first-order chi connectivity index (χ1) is 6.07. The normalized spacial score (nSPS) is 11.1. The summed E-state index contributed by atoms with van der Waals surface area (Å²) in [5, 5.41) is 0.265. The number of aryl methyl sites for hydroxylation is 1. The zero-order valence-electron chi connectivity index (χ0n) is 7.94. The Morgan fingerprint density at radius 2 is 2.00 bits per heavy atom. The Hall–Kier alpha value is -1.02. The van der Waals surface area contributed by atoms with Crippen LogP contribution in [0, 0.1) is 13.8 Å². The first-order valence-electron chi connectivity index (χ1n) is 4.09. The fourth-order valence-electron chi connectivity index (χ4n) is 1.17. The van der Waals surface area contributed by atoms with Crippen LogP contribution in [0.4, 0.5) is 0 Å². The quantitative estimate of drug-likeness (QED) is 0.738. The number of hydrogen-bond acceptors (Lipinski definition) is 1. The average Bonchev–Trinajstić information content (AvgIpc) is 2.09. The fraction of sp³-hybridized carbons (Fsp3) is 0.300. The average molecular weight is 198 g/mol. The van der Waals surface area contributed by atoms with Crippen LogP contribution in [0.2, 0.25) is 5.02 Å². The molecule has 1 aromatic rings. The van der Waals surface area contributed by atoms with E-state index < -0.39 is 0 Å². The predicted octanol–water partition coefficient (Wildman–Crippen LogP) is 2.68. The lowest BCUT2D eigenvalue weighted by atomic mass is 10.1. The largest absolute Gasteiger partial charge is 0.325 e. The lowest BCUT2D eigenvalue weighted by molar-refractivity contribution is 1.10. The Morgan fingerprint density at radius 1 is 1.38 bits per heavy atom. The van der Waals surface area contributed by atoms with Crippen LogP contribution < -0.4 is 5.56 Å². The second kappa shape index (κ2) is 3.79. The van der Waals surface area contributed by atoms with E-state index in [0.29, 0.717) is 0 Å². The lowest BCUT2D eigenvalue weighted by Crippen LogP contribution is -2.11. The topological polar surface area (TPSA) is 32.9 Å². The zero-order valence-corrected chi connectivity index (χ0v) is 8.70. The summed E-state index contributed by atoms with van der Waals surface area (Å²) in [6, 6.07) is 0. The van der Waals surface area contributed by atoms with Gasteiger partial charge in [0.2, 0.25) is 0 Å². The van der Waals surface area contributed by atoms with Crippen molar-refractivity contribution in [3.63, 3.8) is 0 Å². The Balaban J connectivity index is 3.55. The van der Waals surface area contributed by atoms with Crippen LogP contribution in [-0.2, 0) is 0 Å². The van der Waals surface area contributed by atoms with E-state index in [4.69, 9.17) is 11.6 Å². The number of H-pyrrole nitrogens is 1. The van der Waals surface area contributed by atoms with Gasteiger partial charge in [-0.1, -0.05) is 23.8 Å². The maximum Gasteiger partial charge on any atom is 0.267 e. The lowest BCUT2D eigenvalue weighted by Gasteiger charge is -2.05. The van der Waals surface area contributed by atoms with E-state index in [1.165, 1.54) is 0 Å². The van der Waals surface area contributed by atoms with Crippen LogP contribution in [0.15, 0.2) is 10.9 Å². The summed E-state index contributed by atoms with van der Waals surface area (Å²) in [6.45, 7) is 5.69. The van der Waals surface area contributed by atoms with Crippen LogP contribution in [0.25, 0.3) is 6.08 Å². The predicted molar refractivity (Wildman–Crippen MR) is 56.3 cm³/mol. The third-order valence-corrected chi connectivity index (χ3v) is 2.41. The van der Waals surface area contributed by atoms with Gasteiger partial charge in [0.25, 0.3) is 5.56 Å². The monoisotopic (exact) mass is 197 g/mol.